The number of amides is 2. The summed E-state index contributed by atoms with van der Waals surface area (Å²) in [7, 11) is 0. The van der Waals surface area contributed by atoms with Crippen LogP contribution in [0.5, 0.6) is 0 Å². The number of carbonyl (C=O) groups excluding carboxylic acids is 2. The van der Waals surface area contributed by atoms with Gasteiger partial charge in [-0.25, -0.2) is 0 Å². The molecule has 1 atom stereocenters. The van der Waals surface area contributed by atoms with Gasteiger partial charge in [-0.1, -0.05) is 30.3 Å². The monoisotopic (exact) mass is 425 g/mol. The van der Waals surface area contributed by atoms with E-state index in [1.54, 1.807) is 0 Å². The number of benzene rings is 3. The number of carbonyl (C=O) groups is 2. The van der Waals surface area contributed by atoms with Crippen LogP contribution in [0.4, 0.5) is 11.4 Å². The summed E-state index contributed by atoms with van der Waals surface area (Å²) in [6.07, 6.45) is 3.77. The molecular formula is C27H27N3O2. The molecule has 5 heteroatoms. The lowest BCUT2D eigenvalue weighted by atomic mass is 9.85. The van der Waals surface area contributed by atoms with E-state index in [0.717, 1.165) is 35.5 Å². The maximum absolute atomic E-state index is 12.7. The highest BCUT2D eigenvalue weighted by molar-refractivity contribution is 6.04. The number of nitrogens with one attached hydrogen (secondary N) is 2. The van der Waals surface area contributed by atoms with E-state index in [-0.39, 0.29) is 17.7 Å². The maximum Gasteiger partial charge on any atom is 0.255 e. The molecule has 2 N–H and O–H groups in total. The summed E-state index contributed by atoms with van der Waals surface area (Å²) in [4.78, 5) is 27.2. The van der Waals surface area contributed by atoms with Crippen LogP contribution in [0.25, 0.3) is 0 Å². The van der Waals surface area contributed by atoms with Crippen LogP contribution in [-0.4, -0.2) is 31.4 Å². The Kier molecular flexibility index (Phi) is 5.63. The Morgan fingerprint density at radius 1 is 0.875 bits per heavy atom. The summed E-state index contributed by atoms with van der Waals surface area (Å²) >= 11 is 0. The van der Waals surface area contributed by atoms with Crippen molar-refractivity contribution in [2.75, 3.05) is 29.9 Å². The maximum atomic E-state index is 12.7. The van der Waals surface area contributed by atoms with E-state index in [1.807, 2.05) is 72.8 Å². The second kappa shape index (κ2) is 8.87. The zero-order valence-corrected chi connectivity index (χ0v) is 18.0. The third-order valence-corrected chi connectivity index (χ3v) is 6.47. The summed E-state index contributed by atoms with van der Waals surface area (Å²) in [6, 6.07) is 23.5. The Morgan fingerprint density at radius 2 is 1.59 bits per heavy atom. The topological polar surface area (TPSA) is 61.4 Å². The molecule has 0 radical (unpaired) electrons. The first-order valence-corrected chi connectivity index (χ1v) is 11.3. The molecule has 1 saturated heterocycles. The SMILES string of the molecule is O=C(Nc1ccc([C@H]2CNC(=O)c3ccccc32)cc1)c1ccc(N2CCCCC2)cc1. The summed E-state index contributed by atoms with van der Waals surface area (Å²) in [5.74, 6) is -0.0266. The van der Waals surface area contributed by atoms with Gasteiger partial charge in [0.25, 0.3) is 11.8 Å². The smallest absolute Gasteiger partial charge is 0.255 e. The summed E-state index contributed by atoms with van der Waals surface area (Å²) in [6.45, 7) is 2.75. The molecule has 32 heavy (non-hydrogen) atoms. The van der Waals surface area contributed by atoms with Crippen LogP contribution in [-0.2, 0) is 0 Å². The first-order valence-electron chi connectivity index (χ1n) is 11.3. The Balaban J connectivity index is 1.26. The van der Waals surface area contributed by atoms with Crippen LogP contribution in [0.3, 0.4) is 0 Å². The van der Waals surface area contributed by atoms with Crippen LogP contribution in [0.2, 0.25) is 0 Å². The lowest BCUT2D eigenvalue weighted by Crippen LogP contribution is -2.35. The Morgan fingerprint density at radius 3 is 2.34 bits per heavy atom. The molecule has 5 nitrogen and oxygen atoms in total. The number of rotatable bonds is 4. The van der Waals surface area contributed by atoms with E-state index in [2.05, 4.69) is 15.5 Å². The molecule has 0 saturated carbocycles. The molecule has 0 aromatic heterocycles. The molecule has 3 aromatic rings. The van der Waals surface area contributed by atoms with Gasteiger partial charge >= 0.3 is 0 Å². The van der Waals surface area contributed by atoms with Crippen LogP contribution in [0, 0.1) is 0 Å². The predicted octanol–water partition coefficient (Wildman–Crippen LogP) is 4.80. The number of fused-ring (bicyclic) bond motifs is 1. The molecule has 2 amide bonds. The van der Waals surface area contributed by atoms with Crippen molar-refractivity contribution in [3.63, 3.8) is 0 Å². The highest BCUT2D eigenvalue weighted by atomic mass is 16.2. The highest BCUT2D eigenvalue weighted by Crippen LogP contribution is 2.30. The largest absolute Gasteiger partial charge is 0.372 e. The summed E-state index contributed by atoms with van der Waals surface area (Å²) in [5, 5.41) is 5.96. The number of nitrogens with zero attached hydrogens (tertiary/aromatic N) is 1. The normalized spacial score (nSPS) is 17.9. The number of anilines is 2. The van der Waals surface area contributed by atoms with Gasteiger partial charge in [0.05, 0.1) is 0 Å². The van der Waals surface area contributed by atoms with Crippen LogP contribution in [0.1, 0.15) is 57.0 Å². The van der Waals surface area contributed by atoms with Gasteiger partial charge in [0, 0.05) is 48.1 Å². The fourth-order valence-corrected chi connectivity index (χ4v) is 4.68. The molecule has 1 fully saturated rings. The van der Waals surface area contributed by atoms with Gasteiger partial charge in [-0.3, -0.25) is 9.59 Å². The minimum absolute atomic E-state index is 0.0213. The molecular weight excluding hydrogens is 398 g/mol. The number of hydrogen-bond acceptors (Lipinski definition) is 3. The van der Waals surface area contributed by atoms with Gasteiger partial charge in [-0.15, -0.1) is 0 Å². The first kappa shape index (κ1) is 20.3. The van der Waals surface area contributed by atoms with Crippen molar-refractivity contribution in [1.82, 2.24) is 5.32 Å². The Hall–Kier alpha value is -3.60. The van der Waals surface area contributed by atoms with E-state index >= 15 is 0 Å². The Bertz CT molecular complexity index is 1120. The van der Waals surface area contributed by atoms with E-state index in [1.165, 1.54) is 24.9 Å². The summed E-state index contributed by atoms with van der Waals surface area (Å²) in [5.41, 5.74) is 5.48. The van der Waals surface area contributed by atoms with Gasteiger partial charge in [0.1, 0.15) is 0 Å². The van der Waals surface area contributed by atoms with Crippen LogP contribution >= 0.6 is 0 Å². The van der Waals surface area contributed by atoms with Crippen molar-refractivity contribution in [2.45, 2.75) is 25.2 Å². The minimum atomic E-state index is -0.113. The molecule has 2 aliphatic heterocycles. The molecule has 2 aliphatic rings. The second-order valence-electron chi connectivity index (χ2n) is 8.52. The lowest BCUT2D eigenvalue weighted by molar-refractivity contribution is 0.0942. The molecule has 0 bridgehead atoms. The predicted molar refractivity (Wildman–Crippen MR) is 128 cm³/mol. The fraction of sp³-hybridized carbons (Fsp3) is 0.259. The molecule has 3 aromatic carbocycles. The van der Waals surface area contributed by atoms with E-state index in [0.29, 0.717) is 12.1 Å². The van der Waals surface area contributed by atoms with Crippen LogP contribution < -0.4 is 15.5 Å². The molecule has 5 rings (SSSR count). The van der Waals surface area contributed by atoms with Crippen molar-refractivity contribution in [1.29, 1.82) is 0 Å². The van der Waals surface area contributed by atoms with E-state index < -0.39 is 0 Å². The molecule has 0 spiro atoms. The van der Waals surface area contributed by atoms with Gasteiger partial charge in [0.15, 0.2) is 0 Å². The standard InChI is InChI=1S/C27H27N3O2/c31-26(20-10-14-22(15-11-20)30-16-4-1-5-17-30)29-21-12-8-19(9-13-21)25-18-28-27(32)24-7-3-2-6-23(24)25/h2-3,6-15,25H,1,4-5,16-18H2,(H,28,32)(H,29,31)/t25-/m1/s1. The summed E-state index contributed by atoms with van der Waals surface area (Å²) < 4.78 is 0. The van der Waals surface area contributed by atoms with Crippen molar-refractivity contribution < 1.29 is 9.59 Å². The van der Waals surface area contributed by atoms with Crippen LogP contribution in [0.15, 0.2) is 72.8 Å². The molecule has 2 heterocycles. The average molecular weight is 426 g/mol. The van der Waals surface area contributed by atoms with Gasteiger partial charge in [0.2, 0.25) is 0 Å². The van der Waals surface area contributed by atoms with Crippen molar-refractivity contribution in [3.05, 3.63) is 95.1 Å². The van der Waals surface area contributed by atoms with Crippen molar-refractivity contribution >= 4 is 23.2 Å². The molecule has 0 unspecified atom stereocenters. The van der Waals surface area contributed by atoms with Gasteiger partial charge in [-0.05, 0) is 72.9 Å². The molecule has 162 valence electrons. The Labute approximate surface area is 188 Å². The minimum Gasteiger partial charge on any atom is -0.372 e. The van der Waals surface area contributed by atoms with Gasteiger partial charge < -0.3 is 15.5 Å². The quantitative estimate of drug-likeness (QED) is 0.631. The third kappa shape index (κ3) is 4.11. The zero-order chi connectivity index (χ0) is 21.9. The van der Waals surface area contributed by atoms with Crippen molar-refractivity contribution in [2.24, 2.45) is 0 Å². The highest BCUT2D eigenvalue weighted by Gasteiger charge is 2.25. The van der Waals surface area contributed by atoms with Crippen molar-refractivity contribution in [3.8, 4) is 0 Å². The number of hydrogen-bond donors (Lipinski definition) is 2. The third-order valence-electron chi connectivity index (χ3n) is 6.47. The fourth-order valence-electron chi connectivity index (χ4n) is 4.68. The average Bonchev–Trinajstić information content (AvgIpc) is 2.86. The van der Waals surface area contributed by atoms with Gasteiger partial charge in [-0.2, -0.15) is 0 Å². The van der Waals surface area contributed by atoms with E-state index in [4.69, 9.17) is 0 Å². The first-order chi connectivity index (χ1) is 15.7. The second-order valence-corrected chi connectivity index (χ2v) is 8.52. The number of piperidine rings is 1. The zero-order valence-electron chi connectivity index (χ0n) is 18.0. The lowest BCUT2D eigenvalue weighted by Gasteiger charge is -2.28. The molecule has 0 aliphatic carbocycles. The van der Waals surface area contributed by atoms with E-state index in [9.17, 15) is 9.59 Å².